The van der Waals surface area contributed by atoms with Gasteiger partial charge in [0.25, 0.3) is 0 Å². The summed E-state index contributed by atoms with van der Waals surface area (Å²) in [7, 11) is 0. The number of hydrogen-bond donors (Lipinski definition) is 3. The molecule has 0 bridgehead atoms. The van der Waals surface area contributed by atoms with Gasteiger partial charge in [-0.1, -0.05) is 34.8 Å². The normalized spacial score (nSPS) is 10.6. The molecular formula is C16H13Cl3N6O. The van der Waals surface area contributed by atoms with E-state index in [0.717, 1.165) is 0 Å². The molecule has 0 aliphatic rings. The van der Waals surface area contributed by atoms with Gasteiger partial charge in [0.1, 0.15) is 11.3 Å². The summed E-state index contributed by atoms with van der Waals surface area (Å²) in [5.74, 6) is 0.807. The van der Waals surface area contributed by atoms with Crippen molar-refractivity contribution in [2.24, 2.45) is 0 Å². The highest BCUT2D eigenvalue weighted by molar-refractivity contribution is 6.48. The average Bonchev–Trinajstić information content (AvgIpc) is 2.59. The topological polar surface area (TPSA) is 91.8 Å². The second kappa shape index (κ2) is 7.90. The van der Waals surface area contributed by atoms with Crippen LogP contribution in [0.25, 0.3) is 11.2 Å². The molecule has 1 aromatic carbocycles. The van der Waals surface area contributed by atoms with Crippen LogP contribution in [0.1, 0.15) is 6.92 Å². The van der Waals surface area contributed by atoms with Crippen molar-refractivity contribution >= 4 is 69.3 Å². The molecule has 0 unspecified atom stereocenters. The van der Waals surface area contributed by atoms with Gasteiger partial charge in [-0.3, -0.25) is 5.32 Å². The van der Waals surface area contributed by atoms with Gasteiger partial charge in [-0.15, -0.1) is 0 Å². The van der Waals surface area contributed by atoms with Gasteiger partial charge in [0, 0.05) is 12.2 Å². The van der Waals surface area contributed by atoms with Crippen LogP contribution in [0.2, 0.25) is 15.1 Å². The maximum atomic E-state index is 11.6. The van der Waals surface area contributed by atoms with Crippen LogP contribution in [0.15, 0.2) is 30.5 Å². The van der Waals surface area contributed by atoms with Gasteiger partial charge < -0.3 is 10.6 Å². The van der Waals surface area contributed by atoms with Crippen molar-refractivity contribution in [2.75, 3.05) is 17.2 Å². The van der Waals surface area contributed by atoms with Crippen molar-refractivity contribution in [1.29, 1.82) is 0 Å². The smallest absolute Gasteiger partial charge is 0.320 e. The number of pyridine rings is 1. The molecule has 0 spiro atoms. The summed E-state index contributed by atoms with van der Waals surface area (Å²) in [4.78, 5) is 24.6. The quantitative estimate of drug-likeness (QED) is 0.533. The summed E-state index contributed by atoms with van der Waals surface area (Å²) >= 11 is 18.0. The van der Waals surface area contributed by atoms with Crippen LogP contribution in [-0.4, -0.2) is 27.5 Å². The standard InChI is InChI=1S/C16H13Cl3N6O/c1-2-20-16(26)25-12-4-3-11-15(23-12)24-13(7-21-11)22-8-5-9(17)14(19)10(18)6-8/h3-7H,2H2,1H3,(H3,20,22,23,24,25,26). The van der Waals surface area contributed by atoms with E-state index >= 15 is 0 Å². The van der Waals surface area contributed by atoms with Crippen molar-refractivity contribution in [3.05, 3.63) is 45.5 Å². The van der Waals surface area contributed by atoms with Crippen LogP contribution in [0.5, 0.6) is 0 Å². The zero-order chi connectivity index (χ0) is 18.7. The number of nitrogens with one attached hydrogen (secondary N) is 3. The largest absolute Gasteiger partial charge is 0.339 e. The van der Waals surface area contributed by atoms with Crippen molar-refractivity contribution < 1.29 is 4.79 Å². The number of benzene rings is 1. The van der Waals surface area contributed by atoms with Crippen LogP contribution < -0.4 is 16.0 Å². The van der Waals surface area contributed by atoms with Crippen LogP contribution in [0, 0.1) is 0 Å². The molecule has 0 saturated heterocycles. The monoisotopic (exact) mass is 410 g/mol. The molecule has 2 heterocycles. The van der Waals surface area contributed by atoms with Gasteiger partial charge in [0.15, 0.2) is 11.5 Å². The van der Waals surface area contributed by atoms with E-state index < -0.39 is 0 Å². The Morgan fingerprint density at radius 2 is 1.77 bits per heavy atom. The summed E-state index contributed by atoms with van der Waals surface area (Å²) < 4.78 is 0. The Morgan fingerprint density at radius 3 is 2.46 bits per heavy atom. The molecule has 3 rings (SSSR count). The van der Waals surface area contributed by atoms with E-state index in [1.54, 1.807) is 30.5 Å². The Morgan fingerprint density at radius 1 is 1.08 bits per heavy atom. The van der Waals surface area contributed by atoms with Gasteiger partial charge in [0.2, 0.25) is 0 Å². The summed E-state index contributed by atoms with van der Waals surface area (Å²) in [6.07, 6.45) is 1.55. The molecule has 0 atom stereocenters. The number of halogens is 3. The van der Waals surface area contributed by atoms with Crippen LogP contribution in [0.4, 0.5) is 22.1 Å². The third-order valence-electron chi connectivity index (χ3n) is 3.24. The molecule has 26 heavy (non-hydrogen) atoms. The van der Waals surface area contributed by atoms with E-state index in [1.807, 2.05) is 6.92 Å². The maximum Gasteiger partial charge on any atom is 0.320 e. The lowest BCUT2D eigenvalue weighted by Gasteiger charge is -2.09. The highest BCUT2D eigenvalue weighted by atomic mass is 35.5. The van der Waals surface area contributed by atoms with E-state index in [1.165, 1.54) is 0 Å². The minimum atomic E-state index is -0.341. The molecule has 0 aliphatic heterocycles. The van der Waals surface area contributed by atoms with Crippen molar-refractivity contribution in [3.63, 3.8) is 0 Å². The molecule has 3 N–H and O–H groups in total. The van der Waals surface area contributed by atoms with Crippen molar-refractivity contribution in [1.82, 2.24) is 20.3 Å². The fourth-order valence-corrected chi connectivity index (χ4v) is 2.72. The lowest BCUT2D eigenvalue weighted by Crippen LogP contribution is -2.28. The Bertz CT molecular complexity index is 958. The molecular weight excluding hydrogens is 399 g/mol. The molecule has 2 amide bonds. The Labute approximate surface area is 164 Å². The van der Waals surface area contributed by atoms with E-state index in [2.05, 4.69) is 30.9 Å². The lowest BCUT2D eigenvalue weighted by molar-refractivity contribution is 0.252. The number of nitrogens with zero attached hydrogens (tertiary/aromatic N) is 3. The molecule has 10 heteroatoms. The molecule has 0 radical (unpaired) electrons. The summed E-state index contributed by atoms with van der Waals surface area (Å²) in [5, 5.41) is 9.22. The van der Waals surface area contributed by atoms with E-state index in [9.17, 15) is 4.79 Å². The molecule has 134 valence electrons. The lowest BCUT2D eigenvalue weighted by atomic mass is 10.3. The summed E-state index contributed by atoms with van der Waals surface area (Å²) in [5.41, 5.74) is 1.56. The molecule has 0 aliphatic carbocycles. The predicted molar refractivity (Wildman–Crippen MR) is 105 cm³/mol. The fraction of sp³-hybridized carbons (Fsp3) is 0.125. The number of amides is 2. The van der Waals surface area contributed by atoms with Crippen molar-refractivity contribution in [2.45, 2.75) is 6.92 Å². The highest BCUT2D eigenvalue weighted by Crippen LogP contribution is 2.34. The van der Waals surface area contributed by atoms with E-state index in [-0.39, 0.29) is 11.1 Å². The Balaban J connectivity index is 1.87. The number of anilines is 3. The molecule has 0 fully saturated rings. The van der Waals surface area contributed by atoms with E-state index in [0.29, 0.717) is 45.1 Å². The first-order valence-electron chi connectivity index (χ1n) is 7.56. The van der Waals surface area contributed by atoms with Gasteiger partial charge >= 0.3 is 6.03 Å². The first kappa shape index (κ1) is 18.4. The van der Waals surface area contributed by atoms with Crippen molar-refractivity contribution in [3.8, 4) is 0 Å². The maximum absolute atomic E-state index is 11.6. The Hall–Kier alpha value is -2.35. The fourth-order valence-electron chi connectivity index (χ4n) is 2.12. The second-order valence-electron chi connectivity index (χ2n) is 5.16. The highest BCUT2D eigenvalue weighted by Gasteiger charge is 2.09. The number of urea groups is 1. The van der Waals surface area contributed by atoms with E-state index in [4.69, 9.17) is 34.8 Å². The van der Waals surface area contributed by atoms with Gasteiger partial charge in [0.05, 0.1) is 21.3 Å². The molecule has 3 aromatic rings. The zero-order valence-corrected chi connectivity index (χ0v) is 15.7. The van der Waals surface area contributed by atoms with Gasteiger partial charge in [-0.05, 0) is 31.2 Å². The number of carbonyl (C=O) groups is 1. The van der Waals surface area contributed by atoms with Crippen LogP contribution in [0.3, 0.4) is 0 Å². The third kappa shape index (κ3) is 4.24. The zero-order valence-electron chi connectivity index (χ0n) is 13.5. The molecule has 7 nitrogen and oxygen atoms in total. The summed E-state index contributed by atoms with van der Waals surface area (Å²) in [6, 6.07) is 6.28. The SMILES string of the molecule is CCNC(=O)Nc1ccc2ncc(Nc3cc(Cl)c(Cl)c(Cl)c3)nc2n1. The van der Waals surface area contributed by atoms with Gasteiger partial charge in [-0.2, -0.15) is 0 Å². The number of rotatable bonds is 4. The van der Waals surface area contributed by atoms with Crippen LogP contribution >= 0.6 is 34.8 Å². The minimum absolute atomic E-state index is 0.284. The number of fused-ring (bicyclic) bond motifs is 1. The number of carbonyl (C=O) groups excluding carboxylic acids is 1. The second-order valence-corrected chi connectivity index (χ2v) is 6.35. The minimum Gasteiger partial charge on any atom is -0.339 e. The summed E-state index contributed by atoms with van der Waals surface area (Å²) in [6.45, 7) is 2.34. The Kier molecular flexibility index (Phi) is 5.61. The first-order chi connectivity index (χ1) is 12.5. The van der Waals surface area contributed by atoms with Crippen LogP contribution in [-0.2, 0) is 0 Å². The molecule has 2 aromatic heterocycles. The number of hydrogen-bond acceptors (Lipinski definition) is 5. The third-order valence-corrected chi connectivity index (χ3v) is 4.44. The predicted octanol–water partition coefficient (Wildman–Crippen LogP) is 4.87. The average molecular weight is 412 g/mol. The van der Waals surface area contributed by atoms with Gasteiger partial charge in [-0.25, -0.2) is 19.7 Å². The number of aromatic nitrogens is 3. The molecule has 0 saturated carbocycles. The first-order valence-corrected chi connectivity index (χ1v) is 8.70.